The van der Waals surface area contributed by atoms with E-state index in [2.05, 4.69) is 6.58 Å². The van der Waals surface area contributed by atoms with Crippen LogP contribution in [-0.2, 0) is 4.74 Å². The molecule has 0 aliphatic rings. The van der Waals surface area contributed by atoms with E-state index in [-0.39, 0.29) is 12.6 Å². The average molecular weight is 218 g/mol. The van der Waals surface area contributed by atoms with E-state index in [1.165, 1.54) is 11.3 Å². The number of carbonyl (C=O) groups is 1. The molecule has 0 spiro atoms. The highest BCUT2D eigenvalue weighted by Gasteiger charge is 2.10. The first-order valence-corrected chi connectivity index (χ1v) is 5.39. The van der Waals surface area contributed by atoms with E-state index < -0.39 is 0 Å². The van der Waals surface area contributed by atoms with Gasteiger partial charge in [-0.2, -0.15) is 0 Å². The van der Waals surface area contributed by atoms with Crippen LogP contribution < -0.4 is 0 Å². The highest BCUT2D eigenvalue weighted by Crippen LogP contribution is 2.25. The summed E-state index contributed by atoms with van der Waals surface area (Å²) in [6.45, 7) is 3.75. The Kier molecular flexibility index (Phi) is 2.83. The van der Waals surface area contributed by atoms with E-state index in [9.17, 15) is 4.79 Å². The lowest BCUT2D eigenvalue weighted by Crippen LogP contribution is -2.02. The minimum atomic E-state index is -0.281. The smallest absolute Gasteiger partial charge is 0.348 e. The third-order valence-electron chi connectivity index (χ3n) is 1.96. The zero-order valence-corrected chi connectivity index (χ0v) is 8.92. The van der Waals surface area contributed by atoms with Crippen molar-refractivity contribution >= 4 is 27.4 Å². The molecule has 2 aromatic rings. The van der Waals surface area contributed by atoms with Crippen LogP contribution in [0.5, 0.6) is 0 Å². The fourth-order valence-corrected chi connectivity index (χ4v) is 2.24. The number of hydrogen-bond donors (Lipinski definition) is 0. The molecule has 0 amide bonds. The number of hydrogen-bond acceptors (Lipinski definition) is 3. The molecule has 1 aromatic carbocycles. The molecule has 1 heterocycles. The van der Waals surface area contributed by atoms with Crippen molar-refractivity contribution < 1.29 is 9.53 Å². The number of esters is 1. The van der Waals surface area contributed by atoms with E-state index in [0.717, 1.165) is 10.1 Å². The zero-order chi connectivity index (χ0) is 10.7. The third kappa shape index (κ3) is 2.07. The molecule has 0 saturated carbocycles. The molecule has 0 unspecified atom stereocenters. The molecule has 0 saturated heterocycles. The first-order valence-electron chi connectivity index (χ1n) is 4.58. The van der Waals surface area contributed by atoms with Crippen LogP contribution in [-0.4, -0.2) is 12.6 Å². The van der Waals surface area contributed by atoms with E-state index in [1.807, 2.05) is 30.3 Å². The molecule has 0 N–H and O–H groups in total. The van der Waals surface area contributed by atoms with Crippen LogP contribution in [0.4, 0.5) is 0 Å². The molecule has 0 aliphatic heterocycles. The maximum Gasteiger partial charge on any atom is 0.348 e. The summed E-state index contributed by atoms with van der Waals surface area (Å²) in [6.07, 6.45) is 1.56. The largest absolute Gasteiger partial charge is 0.457 e. The summed E-state index contributed by atoms with van der Waals surface area (Å²) < 4.78 is 6.06. The SMILES string of the molecule is C=CCOC(=O)c1cc2ccccc2s1. The van der Waals surface area contributed by atoms with Crippen LogP contribution in [0, 0.1) is 0 Å². The maximum absolute atomic E-state index is 11.5. The lowest BCUT2D eigenvalue weighted by atomic mass is 10.2. The van der Waals surface area contributed by atoms with Crippen molar-refractivity contribution in [3.63, 3.8) is 0 Å². The second-order valence-corrected chi connectivity index (χ2v) is 4.12. The molecule has 0 atom stereocenters. The van der Waals surface area contributed by atoms with Crippen molar-refractivity contribution in [3.8, 4) is 0 Å². The standard InChI is InChI=1S/C12H10O2S/c1-2-7-14-12(13)11-8-9-5-3-4-6-10(9)15-11/h2-6,8H,1,7H2. The molecule has 3 heteroatoms. The van der Waals surface area contributed by atoms with Crippen molar-refractivity contribution in [2.24, 2.45) is 0 Å². The second kappa shape index (κ2) is 4.28. The second-order valence-electron chi connectivity index (χ2n) is 3.04. The van der Waals surface area contributed by atoms with Crippen LogP contribution in [0.25, 0.3) is 10.1 Å². The van der Waals surface area contributed by atoms with Crippen molar-refractivity contribution in [2.45, 2.75) is 0 Å². The number of ether oxygens (including phenoxy) is 1. The Balaban J connectivity index is 2.28. The predicted octanol–water partition coefficient (Wildman–Crippen LogP) is 3.24. The minimum absolute atomic E-state index is 0.257. The van der Waals surface area contributed by atoms with Crippen LogP contribution in [0.15, 0.2) is 43.0 Å². The quantitative estimate of drug-likeness (QED) is 0.584. The highest BCUT2D eigenvalue weighted by molar-refractivity contribution is 7.20. The Bertz CT molecular complexity index is 466. The fourth-order valence-electron chi connectivity index (χ4n) is 1.29. The molecular weight excluding hydrogens is 208 g/mol. The van der Waals surface area contributed by atoms with Crippen molar-refractivity contribution in [3.05, 3.63) is 47.9 Å². The van der Waals surface area contributed by atoms with Crippen LogP contribution in [0.2, 0.25) is 0 Å². The summed E-state index contributed by atoms with van der Waals surface area (Å²) in [5.41, 5.74) is 0. The number of carbonyl (C=O) groups excluding carboxylic acids is 1. The first kappa shape index (κ1) is 9.93. The van der Waals surface area contributed by atoms with E-state index >= 15 is 0 Å². The van der Waals surface area contributed by atoms with Crippen molar-refractivity contribution in [1.82, 2.24) is 0 Å². The molecule has 0 bridgehead atoms. The molecule has 2 rings (SSSR count). The van der Waals surface area contributed by atoms with Gasteiger partial charge in [-0.3, -0.25) is 0 Å². The van der Waals surface area contributed by atoms with Crippen LogP contribution in [0.3, 0.4) is 0 Å². The summed E-state index contributed by atoms with van der Waals surface area (Å²) in [7, 11) is 0. The third-order valence-corrected chi connectivity index (χ3v) is 3.06. The highest BCUT2D eigenvalue weighted by atomic mass is 32.1. The van der Waals surface area contributed by atoms with Gasteiger partial charge in [0.25, 0.3) is 0 Å². The molecule has 0 aliphatic carbocycles. The molecule has 2 nitrogen and oxygen atoms in total. The van der Waals surface area contributed by atoms with E-state index in [0.29, 0.717) is 4.88 Å². The molecule has 0 radical (unpaired) electrons. The fraction of sp³-hybridized carbons (Fsp3) is 0.0833. The van der Waals surface area contributed by atoms with Gasteiger partial charge in [0.05, 0.1) is 0 Å². The number of thiophene rings is 1. The summed E-state index contributed by atoms with van der Waals surface area (Å²) in [6, 6.07) is 9.73. The molecular formula is C12H10O2S. The number of benzene rings is 1. The molecule has 76 valence electrons. The Hall–Kier alpha value is -1.61. The lowest BCUT2D eigenvalue weighted by molar-refractivity contribution is 0.0555. The van der Waals surface area contributed by atoms with Crippen LogP contribution in [0.1, 0.15) is 9.67 Å². The van der Waals surface area contributed by atoms with E-state index in [4.69, 9.17) is 4.74 Å². The Morgan fingerprint density at radius 3 is 3.00 bits per heavy atom. The zero-order valence-electron chi connectivity index (χ0n) is 8.10. The predicted molar refractivity (Wildman–Crippen MR) is 62.3 cm³/mol. The van der Waals surface area contributed by atoms with Crippen molar-refractivity contribution in [1.29, 1.82) is 0 Å². The van der Waals surface area contributed by atoms with Gasteiger partial charge in [0, 0.05) is 4.70 Å². The Morgan fingerprint density at radius 1 is 1.47 bits per heavy atom. The normalized spacial score (nSPS) is 10.1. The summed E-state index contributed by atoms with van der Waals surface area (Å²) in [5.74, 6) is -0.281. The first-order chi connectivity index (χ1) is 7.31. The van der Waals surface area contributed by atoms with Gasteiger partial charge in [0.15, 0.2) is 0 Å². The maximum atomic E-state index is 11.5. The van der Waals surface area contributed by atoms with Gasteiger partial charge in [-0.25, -0.2) is 4.79 Å². The van der Waals surface area contributed by atoms with E-state index in [1.54, 1.807) is 6.08 Å². The van der Waals surface area contributed by atoms with Gasteiger partial charge < -0.3 is 4.74 Å². The number of rotatable bonds is 3. The number of fused-ring (bicyclic) bond motifs is 1. The molecule has 1 aromatic heterocycles. The molecule has 0 fully saturated rings. The topological polar surface area (TPSA) is 26.3 Å². The van der Waals surface area contributed by atoms with Gasteiger partial charge in [-0.1, -0.05) is 30.9 Å². The monoisotopic (exact) mass is 218 g/mol. The van der Waals surface area contributed by atoms with Gasteiger partial charge >= 0.3 is 5.97 Å². The summed E-state index contributed by atoms with van der Waals surface area (Å²) >= 11 is 1.45. The average Bonchev–Trinajstić information content (AvgIpc) is 2.69. The summed E-state index contributed by atoms with van der Waals surface area (Å²) in [5, 5.41) is 1.08. The minimum Gasteiger partial charge on any atom is -0.457 e. The Labute approximate surface area is 91.8 Å². The van der Waals surface area contributed by atoms with Crippen molar-refractivity contribution in [2.75, 3.05) is 6.61 Å². The lowest BCUT2D eigenvalue weighted by Gasteiger charge is -1.96. The van der Waals surface area contributed by atoms with Gasteiger partial charge in [0.2, 0.25) is 0 Å². The van der Waals surface area contributed by atoms with Crippen LogP contribution >= 0.6 is 11.3 Å². The van der Waals surface area contributed by atoms with Gasteiger partial charge in [-0.05, 0) is 17.5 Å². The molecule has 15 heavy (non-hydrogen) atoms. The Morgan fingerprint density at radius 2 is 2.27 bits per heavy atom. The van der Waals surface area contributed by atoms with Gasteiger partial charge in [0.1, 0.15) is 11.5 Å². The van der Waals surface area contributed by atoms with Gasteiger partial charge in [-0.15, -0.1) is 11.3 Å². The summed E-state index contributed by atoms with van der Waals surface area (Å²) in [4.78, 5) is 12.2.